The lowest BCUT2D eigenvalue weighted by molar-refractivity contribution is 0.102. The predicted molar refractivity (Wildman–Crippen MR) is 74.3 cm³/mol. The predicted octanol–water partition coefficient (Wildman–Crippen LogP) is 2.92. The van der Waals surface area contributed by atoms with E-state index in [4.69, 9.17) is 0 Å². The summed E-state index contributed by atoms with van der Waals surface area (Å²) in [6, 6.07) is 6.14. The Balaban J connectivity index is 1.80. The van der Waals surface area contributed by atoms with Crippen LogP contribution < -0.4 is 5.32 Å². The van der Waals surface area contributed by atoms with Crippen LogP contribution in [0.4, 0.5) is 10.1 Å². The molecule has 1 aliphatic rings. The fourth-order valence-corrected chi connectivity index (χ4v) is 2.48. The Hall–Kier alpha value is -2.17. The summed E-state index contributed by atoms with van der Waals surface area (Å²) in [6.07, 6.45) is 3.21. The van der Waals surface area contributed by atoms with Crippen LogP contribution in [0.5, 0.6) is 0 Å². The number of amides is 1. The van der Waals surface area contributed by atoms with Gasteiger partial charge in [0, 0.05) is 17.9 Å². The molecule has 0 spiro atoms. The van der Waals surface area contributed by atoms with Gasteiger partial charge >= 0.3 is 0 Å². The summed E-state index contributed by atoms with van der Waals surface area (Å²) in [5, 5.41) is 7.11. The molecule has 1 amide bonds. The molecule has 0 atom stereocenters. The van der Waals surface area contributed by atoms with E-state index < -0.39 is 0 Å². The summed E-state index contributed by atoms with van der Waals surface area (Å²) >= 11 is 0. The molecule has 1 N–H and O–H groups in total. The molecular weight excluding hydrogens is 257 g/mol. The van der Waals surface area contributed by atoms with Crippen LogP contribution in [0.3, 0.4) is 0 Å². The molecule has 0 saturated heterocycles. The van der Waals surface area contributed by atoms with Crippen LogP contribution in [0.1, 0.15) is 34.6 Å². The van der Waals surface area contributed by atoms with Gasteiger partial charge in [0.15, 0.2) is 5.69 Å². The van der Waals surface area contributed by atoms with Crippen LogP contribution in [-0.4, -0.2) is 15.7 Å². The molecule has 20 heavy (non-hydrogen) atoms. The molecule has 104 valence electrons. The number of anilines is 1. The van der Waals surface area contributed by atoms with Crippen molar-refractivity contribution in [1.29, 1.82) is 0 Å². The fourth-order valence-electron chi connectivity index (χ4n) is 2.48. The molecular formula is C15H16FN3O. The summed E-state index contributed by atoms with van der Waals surface area (Å²) in [7, 11) is 0. The van der Waals surface area contributed by atoms with Crippen LogP contribution in [-0.2, 0) is 13.0 Å². The third-order valence-electron chi connectivity index (χ3n) is 3.59. The van der Waals surface area contributed by atoms with Crippen molar-refractivity contribution in [2.75, 3.05) is 5.32 Å². The van der Waals surface area contributed by atoms with E-state index in [9.17, 15) is 9.18 Å². The molecule has 5 heteroatoms. The molecule has 0 unspecified atom stereocenters. The van der Waals surface area contributed by atoms with E-state index in [1.165, 1.54) is 12.1 Å². The van der Waals surface area contributed by atoms with E-state index in [-0.39, 0.29) is 11.7 Å². The third kappa shape index (κ3) is 2.43. The second kappa shape index (κ2) is 5.07. The van der Waals surface area contributed by atoms with Crippen molar-refractivity contribution < 1.29 is 9.18 Å². The number of hydrogen-bond donors (Lipinski definition) is 1. The van der Waals surface area contributed by atoms with Gasteiger partial charge in [0.05, 0.1) is 0 Å². The van der Waals surface area contributed by atoms with Gasteiger partial charge in [-0.3, -0.25) is 9.48 Å². The molecule has 2 aromatic rings. The van der Waals surface area contributed by atoms with E-state index in [1.54, 1.807) is 13.0 Å². The van der Waals surface area contributed by atoms with E-state index in [0.717, 1.165) is 31.5 Å². The molecule has 0 saturated carbocycles. The Morgan fingerprint density at radius 3 is 2.95 bits per heavy atom. The third-order valence-corrected chi connectivity index (χ3v) is 3.59. The number of aryl methyl sites for hydroxylation is 3. The average molecular weight is 273 g/mol. The zero-order valence-corrected chi connectivity index (χ0v) is 11.3. The Labute approximate surface area is 116 Å². The van der Waals surface area contributed by atoms with Gasteiger partial charge in [-0.15, -0.1) is 0 Å². The number of carbonyl (C=O) groups is 1. The molecule has 0 bridgehead atoms. The highest BCUT2D eigenvalue weighted by Crippen LogP contribution is 2.19. The van der Waals surface area contributed by atoms with Crippen molar-refractivity contribution in [3.05, 3.63) is 47.0 Å². The lowest BCUT2D eigenvalue weighted by Crippen LogP contribution is -2.15. The minimum absolute atomic E-state index is 0.249. The van der Waals surface area contributed by atoms with E-state index in [2.05, 4.69) is 10.4 Å². The summed E-state index contributed by atoms with van der Waals surface area (Å²) in [6.45, 7) is 2.63. The molecule has 2 heterocycles. The summed E-state index contributed by atoms with van der Waals surface area (Å²) in [5.74, 6) is -0.556. The Morgan fingerprint density at radius 2 is 2.20 bits per heavy atom. The summed E-state index contributed by atoms with van der Waals surface area (Å²) in [4.78, 5) is 12.2. The number of halogens is 1. The number of benzene rings is 1. The van der Waals surface area contributed by atoms with Gasteiger partial charge in [0.25, 0.3) is 5.91 Å². The molecule has 0 radical (unpaired) electrons. The van der Waals surface area contributed by atoms with Crippen molar-refractivity contribution >= 4 is 11.6 Å². The van der Waals surface area contributed by atoms with Crippen molar-refractivity contribution in [1.82, 2.24) is 9.78 Å². The van der Waals surface area contributed by atoms with Gasteiger partial charge in [-0.1, -0.05) is 0 Å². The number of rotatable bonds is 2. The van der Waals surface area contributed by atoms with Gasteiger partial charge < -0.3 is 5.32 Å². The second-order valence-corrected chi connectivity index (χ2v) is 5.11. The highest BCUT2D eigenvalue weighted by atomic mass is 19.1. The average Bonchev–Trinajstić information content (AvgIpc) is 2.86. The van der Waals surface area contributed by atoms with Crippen molar-refractivity contribution in [2.24, 2.45) is 0 Å². The number of aromatic nitrogens is 2. The van der Waals surface area contributed by atoms with Crippen molar-refractivity contribution in [3.63, 3.8) is 0 Å². The SMILES string of the molecule is Cc1cc(F)ccc1NC(=O)c1cc2n(n1)CCCC2. The fraction of sp³-hybridized carbons (Fsp3) is 0.333. The minimum atomic E-state index is -0.307. The summed E-state index contributed by atoms with van der Waals surface area (Å²) in [5.41, 5.74) is 2.84. The van der Waals surface area contributed by atoms with E-state index in [1.807, 2.05) is 10.7 Å². The first-order valence-electron chi connectivity index (χ1n) is 6.78. The molecule has 3 rings (SSSR count). The Kier molecular flexibility index (Phi) is 3.26. The maximum atomic E-state index is 13.0. The highest BCUT2D eigenvalue weighted by Gasteiger charge is 2.17. The quantitative estimate of drug-likeness (QED) is 0.914. The van der Waals surface area contributed by atoms with Crippen LogP contribution in [0.15, 0.2) is 24.3 Å². The van der Waals surface area contributed by atoms with Gasteiger partial charge in [-0.25, -0.2) is 4.39 Å². The van der Waals surface area contributed by atoms with Crippen LogP contribution in [0.25, 0.3) is 0 Å². The van der Waals surface area contributed by atoms with E-state index >= 15 is 0 Å². The largest absolute Gasteiger partial charge is 0.320 e. The first-order valence-corrected chi connectivity index (χ1v) is 6.78. The van der Waals surface area contributed by atoms with Crippen molar-refractivity contribution in [2.45, 2.75) is 32.7 Å². The zero-order valence-electron chi connectivity index (χ0n) is 11.3. The number of carbonyl (C=O) groups excluding carboxylic acids is 1. The second-order valence-electron chi connectivity index (χ2n) is 5.11. The first kappa shape index (κ1) is 12.8. The maximum absolute atomic E-state index is 13.0. The van der Waals surface area contributed by atoms with Crippen LogP contribution >= 0.6 is 0 Å². The summed E-state index contributed by atoms with van der Waals surface area (Å²) < 4.78 is 14.9. The molecule has 1 aromatic heterocycles. The first-order chi connectivity index (χ1) is 9.63. The smallest absolute Gasteiger partial charge is 0.276 e. The van der Waals surface area contributed by atoms with Crippen LogP contribution in [0.2, 0.25) is 0 Å². The molecule has 0 fully saturated rings. The highest BCUT2D eigenvalue weighted by molar-refractivity contribution is 6.03. The van der Waals surface area contributed by atoms with E-state index in [0.29, 0.717) is 16.9 Å². The molecule has 0 aliphatic carbocycles. The molecule has 1 aromatic carbocycles. The standard InChI is InChI=1S/C15H16FN3O/c1-10-8-11(16)5-6-13(10)17-15(20)14-9-12-4-2-3-7-19(12)18-14/h5-6,8-9H,2-4,7H2,1H3,(H,17,20). The number of fused-ring (bicyclic) bond motifs is 1. The van der Waals surface area contributed by atoms with Crippen molar-refractivity contribution in [3.8, 4) is 0 Å². The van der Waals surface area contributed by atoms with Gasteiger partial charge in [0.2, 0.25) is 0 Å². The number of nitrogens with zero attached hydrogens (tertiary/aromatic N) is 2. The monoisotopic (exact) mass is 273 g/mol. The lowest BCUT2D eigenvalue weighted by atomic mass is 10.1. The topological polar surface area (TPSA) is 46.9 Å². The molecule has 4 nitrogen and oxygen atoms in total. The number of nitrogens with one attached hydrogen (secondary N) is 1. The normalized spacial score (nSPS) is 13.9. The number of hydrogen-bond acceptors (Lipinski definition) is 2. The lowest BCUT2D eigenvalue weighted by Gasteiger charge is -2.11. The van der Waals surface area contributed by atoms with Crippen LogP contribution in [0, 0.1) is 12.7 Å². The van der Waals surface area contributed by atoms with Gasteiger partial charge in [-0.05, 0) is 56.0 Å². The molecule has 1 aliphatic heterocycles. The Bertz CT molecular complexity index is 640. The van der Waals surface area contributed by atoms with Gasteiger partial charge in [-0.2, -0.15) is 5.10 Å². The Morgan fingerprint density at radius 1 is 1.35 bits per heavy atom. The minimum Gasteiger partial charge on any atom is -0.320 e. The zero-order chi connectivity index (χ0) is 14.1. The van der Waals surface area contributed by atoms with Gasteiger partial charge in [0.1, 0.15) is 5.82 Å². The maximum Gasteiger partial charge on any atom is 0.276 e.